The highest BCUT2D eigenvalue weighted by atomic mass is 127. The second kappa shape index (κ2) is 6.05. The van der Waals surface area contributed by atoms with Gasteiger partial charge in [-0.15, -0.1) is 0 Å². The lowest BCUT2D eigenvalue weighted by Crippen LogP contribution is -2.49. The third kappa shape index (κ3) is 3.75. The van der Waals surface area contributed by atoms with Crippen LogP contribution in [0.5, 0.6) is 0 Å². The van der Waals surface area contributed by atoms with E-state index in [1.165, 1.54) is 0 Å². The minimum Gasteiger partial charge on any atom is -0.354 e. The number of anilines is 1. The van der Waals surface area contributed by atoms with Crippen molar-refractivity contribution in [1.82, 2.24) is 9.88 Å². The van der Waals surface area contributed by atoms with Crippen LogP contribution in [0.15, 0.2) is 12.1 Å². The second-order valence-electron chi connectivity index (χ2n) is 5.14. The normalized spacial score (nSPS) is 17.9. The number of hydrogen-bond acceptors (Lipinski definition) is 3. The van der Waals surface area contributed by atoms with Gasteiger partial charge in [-0.1, -0.05) is 0 Å². The molecule has 1 fully saturated rings. The molecule has 0 radical (unpaired) electrons. The van der Waals surface area contributed by atoms with Crippen molar-refractivity contribution in [2.45, 2.75) is 26.1 Å². The Balaban J connectivity index is 2.16. The molecule has 0 unspecified atom stereocenters. The SMILES string of the molecule is CC(C)N1CCN(c2cc(I)cc(C(F)(F)F)n2)CC1. The maximum atomic E-state index is 12.8. The van der Waals surface area contributed by atoms with E-state index in [2.05, 4.69) is 23.7 Å². The number of aromatic nitrogens is 1. The van der Waals surface area contributed by atoms with Crippen LogP contribution in [0.2, 0.25) is 0 Å². The lowest BCUT2D eigenvalue weighted by molar-refractivity contribution is -0.141. The number of rotatable bonds is 2. The number of pyridine rings is 1. The molecule has 1 aromatic heterocycles. The maximum Gasteiger partial charge on any atom is 0.433 e. The molecule has 1 aliphatic rings. The molecule has 0 atom stereocenters. The summed E-state index contributed by atoms with van der Waals surface area (Å²) in [6.07, 6.45) is -4.39. The van der Waals surface area contributed by atoms with E-state index in [4.69, 9.17) is 0 Å². The van der Waals surface area contributed by atoms with E-state index >= 15 is 0 Å². The third-order valence-electron chi connectivity index (χ3n) is 3.44. The van der Waals surface area contributed by atoms with Crippen LogP contribution in [0.4, 0.5) is 19.0 Å². The first-order chi connectivity index (χ1) is 9.27. The van der Waals surface area contributed by atoms with Crippen molar-refractivity contribution in [2.75, 3.05) is 31.1 Å². The summed E-state index contributed by atoms with van der Waals surface area (Å²) in [5, 5.41) is 0. The summed E-state index contributed by atoms with van der Waals surface area (Å²) in [5.74, 6) is 0.424. The summed E-state index contributed by atoms with van der Waals surface area (Å²) in [7, 11) is 0. The van der Waals surface area contributed by atoms with Crippen molar-refractivity contribution in [1.29, 1.82) is 0 Å². The fourth-order valence-corrected chi connectivity index (χ4v) is 2.83. The van der Waals surface area contributed by atoms with Gasteiger partial charge in [0.05, 0.1) is 0 Å². The molecule has 0 bridgehead atoms. The molecule has 3 nitrogen and oxygen atoms in total. The molecule has 1 saturated heterocycles. The number of halogens is 4. The molecule has 0 aromatic carbocycles. The Morgan fingerprint density at radius 3 is 2.25 bits per heavy atom. The minimum atomic E-state index is -4.39. The Morgan fingerprint density at radius 2 is 1.75 bits per heavy atom. The Morgan fingerprint density at radius 1 is 1.15 bits per heavy atom. The average molecular weight is 399 g/mol. The number of piperazine rings is 1. The molecule has 2 heterocycles. The molecule has 0 aliphatic carbocycles. The summed E-state index contributed by atoms with van der Waals surface area (Å²) in [6.45, 7) is 7.38. The number of alkyl halides is 3. The monoisotopic (exact) mass is 399 g/mol. The summed E-state index contributed by atoms with van der Waals surface area (Å²) in [5.41, 5.74) is -0.814. The van der Waals surface area contributed by atoms with Crippen molar-refractivity contribution in [3.63, 3.8) is 0 Å². The molecule has 112 valence electrons. The molecule has 0 spiro atoms. The average Bonchev–Trinajstić information content (AvgIpc) is 2.37. The van der Waals surface area contributed by atoms with Gasteiger partial charge in [0.25, 0.3) is 0 Å². The van der Waals surface area contributed by atoms with Crippen molar-refractivity contribution >= 4 is 28.4 Å². The predicted molar refractivity (Wildman–Crippen MR) is 80.9 cm³/mol. The van der Waals surface area contributed by atoms with Gasteiger partial charge in [-0.05, 0) is 48.6 Å². The number of nitrogens with zero attached hydrogens (tertiary/aromatic N) is 3. The zero-order valence-corrected chi connectivity index (χ0v) is 13.6. The van der Waals surface area contributed by atoms with Gasteiger partial charge in [-0.2, -0.15) is 13.2 Å². The minimum absolute atomic E-state index is 0.424. The van der Waals surface area contributed by atoms with Gasteiger partial charge in [0, 0.05) is 35.8 Å². The Hall–Kier alpha value is -0.570. The summed E-state index contributed by atoms with van der Waals surface area (Å²) in [4.78, 5) is 8.02. The van der Waals surface area contributed by atoms with E-state index in [9.17, 15) is 13.2 Å². The predicted octanol–water partition coefficient (Wildman–Crippen LogP) is 3.24. The van der Waals surface area contributed by atoms with Crippen LogP contribution in [0.3, 0.4) is 0 Å². The summed E-state index contributed by atoms with van der Waals surface area (Å²) >= 11 is 1.90. The van der Waals surface area contributed by atoms with Gasteiger partial charge in [0.1, 0.15) is 11.5 Å². The second-order valence-corrected chi connectivity index (χ2v) is 6.39. The maximum absolute atomic E-state index is 12.8. The quantitative estimate of drug-likeness (QED) is 0.713. The van der Waals surface area contributed by atoms with Crippen LogP contribution >= 0.6 is 22.6 Å². The Labute approximate surface area is 130 Å². The number of hydrogen-bond donors (Lipinski definition) is 0. The van der Waals surface area contributed by atoms with Gasteiger partial charge in [-0.3, -0.25) is 4.90 Å². The Bertz CT molecular complexity index is 468. The van der Waals surface area contributed by atoms with Crippen molar-refractivity contribution in [2.24, 2.45) is 0 Å². The van der Waals surface area contributed by atoms with E-state index in [0.29, 0.717) is 28.5 Å². The molecule has 1 aliphatic heterocycles. The Kier molecular flexibility index (Phi) is 4.78. The molecule has 1 aromatic rings. The van der Waals surface area contributed by atoms with E-state index in [-0.39, 0.29) is 0 Å². The van der Waals surface area contributed by atoms with Crippen LogP contribution in [-0.2, 0) is 6.18 Å². The van der Waals surface area contributed by atoms with E-state index in [1.807, 2.05) is 27.5 Å². The van der Waals surface area contributed by atoms with Crippen LogP contribution in [0, 0.1) is 3.57 Å². The zero-order valence-electron chi connectivity index (χ0n) is 11.4. The highest BCUT2D eigenvalue weighted by molar-refractivity contribution is 14.1. The van der Waals surface area contributed by atoms with E-state index < -0.39 is 11.9 Å². The zero-order chi connectivity index (χ0) is 14.9. The van der Waals surface area contributed by atoms with Gasteiger partial charge in [0.2, 0.25) is 0 Å². The highest BCUT2D eigenvalue weighted by Crippen LogP contribution is 2.30. The van der Waals surface area contributed by atoms with Crippen molar-refractivity contribution in [3.05, 3.63) is 21.4 Å². The first-order valence-electron chi connectivity index (χ1n) is 6.51. The summed E-state index contributed by atoms with van der Waals surface area (Å²) < 4.78 is 38.9. The topological polar surface area (TPSA) is 19.4 Å². The molecule has 0 saturated carbocycles. The first kappa shape index (κ1) is 15.8. The van der Waals surface area contributed by atoms with Crippen LogP contribution in [0.25, 0.3) is 0 Å². The van der Waals surface area contributed by atoms with Crippen LogP contribution in [0.1, 0.15) is 19.5 Å². The molecule has 7 heteroatoms. The van der Waals surface area contributed by atoms with Gasteiger partial charge in [-0.25, -0.2) is 4.98 Å². The van der Waals surface area contributed by atoms with Gasteiger partial charge >= 0.3 is 6.18 Å². The molecule has 0 N–H and O–H groups in total. The van der Waals surface area contributed by atoms with E-state index in [0.717, 1.165) is 19.2 Å². The lowest BCUT2D eigenvalue weighted by atomic mass is 10.2. The van der Waals surface area contributed by atoms with Crippen molar-refractivity contribution < 1.29 is 13.2 Å². The fourth-order valence-electron chi connectivity index (χ4n) is 2.26. The smallest absolute Gasteiger partial charge is 0.354 e. The molecule has 20 heavy (non-hydrogen) atoms. The van der Waals surface area contributed by atoms with Gasteiger partial charge in [0.15, 0.2) is 0 Å². The first-order valence-corrected chi connectivity index (χ1v) is 7.59. The van der Waals surface area contributed by atoms with Crippen LogP contribution in [-0.4, -0.2) is 42.1 Å². The van der Waals surface area contributed by atoms with Crippen molar-refractivity contribution in [3.8, 4) is 0 Å². The molecule has 0 amide bonds. The molecular formula is C13H17F3IN3. The van der Waals surface area contributed by atoms with Crippen LogP contribution < -0.4 is 4.90 Å². The fraction of sp³-hybridized carbons (Fsp3) is 0.615. The third-order valence-corrected chi connectivity index (χ3v) is 4.06. The summed E-state index contributed by atoms with van der Waals surface area (Å²) in [6, 6.07) is 3.25. The highest BCUT2D eigenvalue weighted by Gasteiger charge is 2.33. The molecule has 2 rings (SSSR count). The standard InChI is InChI=1S/C13H17F3IN3/c1-9(2)19-3-5-20(6-4-19)12-8-10(17)7-11(18-12)13(14,15)16/h7-9H,3-6H2,1-2H3. The molecular weight excluding hydrogens is 382 g/mol. The largest absolute Gasteiger partial charge is 0.433 e. The van der Waals surface area contributed by atoms with E-state index in [1.54, 1.807) is 6.07 Å². The lowest BCUT2D eigenvalue weighted by Gasteiger charge is -2.37. The van der Waals surface area contributed by atoms with Gasteiger partial charge < -0.3 is 4.90 Å².